The van der Waals surface area contributed by atoms with Crippen molar-refractivity contribution in [3.63, 3.8) is 0 Å². The molecule has 3 aromatic carbocycles. The summed E-state index contributed by atoms with van der Waals surface area (Å²) in [4.78, 5) is 4.46. The van der Waals surface area contributed by atoms with E-state index in [2.05, 4.69) is 50.9 Å². The molecule has 2 atom stereocenters. The van der Waals surface area contributed by atoms with Crippen molar-refractivity contribution in [1.29, 1.82) is 21.0 Å². The van der Waals surface area contributed by atoms with Crippen molar-refractivity contribution in [2.75, 3.05) is 10.6 Å². The van der Waals surface area contributed by atoms with Gasteiger partial charge in [0.1, 0.15) is 17.3 Å². The summed E-state index contributed by atoms with van der Waals surface area (Å²) in [5, 5.41) is 60.2. The molecule has 6 rings (SSSR count). The van der Waals surface area contributed by atoms with Crippen molar-refractivity contribution >= 4 is 33.9 Å². The Morgan fingerprint density at radius 2 is 1.85 bits per heavy atom. The first-order chi connectivity index (χ1) is 22.3. The van der Waals surface area contributed by atoms with Crippen LogP contribution in [0.5, 0.6) is 0 Å². The third-order valence-corrected chi connectivity index (χ3v) is 8.49. The minimum Gasteiger partial charge on any atom is -0.377 e. The highest BCUT2D eigenvalue weighted by Gasteiger charge is 2.51. The van der Waals surface area contributed by atoms with Gasteiger partial charge in [0.15, 0.2) is 0 Å². The minimum atomic E-state index is -1.93. The fourth-order valence-electron chi connectivity index (χ4n) is 5.53. The van der Waals surface area contributed by atoms with Gasteiger partial charge in [0.05, 0.1) is 51.6 Å². The SMILES string of the molecule is N#CCC[C@@H](Nc1c(C#N)cnc2c(Cl)cc(NC(O)(C3=CN(C4(C#N)CC4)NN3)c3cccc(C#N)c3)cc12)c1ccccc1. The van der Waals surface area contributed by atoms with E-state index in [0.717, 1.165) is 5.56 Å². The van der Waals surface area contributed by atoms with Crippen molar-refractivity contribution < 1.29 is 5.11 Å². The number of hydrazine groups is 2. The van der Waals surface area contributed by atoms with Crippen LogP contribution in [0.2, 0.25) is 5.02 Å². The molecular formula is C34H27ClN10O. The second-order valence-electron chi connectivity index (χ2n) is 11.1. The topological polar surface area (TPSA) is 180 Å². The fraction of sp³-hybridized carbons (Fsp3) is 0.206. The van der Waals surface area contributed by atoms with Crippen LogP contribution >= 0.6 is 11.6 Å². The molecule has 2 aliphatic rings. The van der Waals surface area contributed by atoms with Gasteiger partial charge in [0.2, 0.25) is 5.72 Å². The van der Waals surface area contributed by atoms with Crippen LogP contribution in [0.4, 0.5) is 11.4 Å². The van der Waals surface area contributed by atoms with Gasteiger partial charge in [-0.05, 0) is 49.1 Å². The zero-order valence-electron chi connectivity index (χ0n) is 24.4. The molecular weight excluding hydrogens is 600 g/mol. The lowest BCUT2D eigenvalue weighted by Gasteiger charge is -2.32. The molecule has 46 heavy (non-hydrogen) atoms. The second kappa shape index (κ2) is 12.3. The maximum Gasteiger partial charge on any atom is 0.206 e. The lowest BCUT2D eigenvalue weighted by molar-refractivity contribution is 0.0982. The predicted molar refractivity (Wildman–Crippen MR) is 172 cm³/mol. The molecule has 0 radical (unpaired) electrons. The molecule has 0 bridgehead atoms. The number of benzene rings is 3. The van der Waals surface area contributed by atoms with Gasteiger partial charge >= 0.3 is 0 Å². The third-order valence-electron chi connectivity index (χ3n) is 8.20. The molecule has 226 valence electrons. The van der Waals surface area contributed by atoms with Crippen LogP contribution in [0.3, 0.4) is 0 Å². The van der Waals surface area contributed by atoms with E-state index in [4.69, 9.17) is 11.6 Å². The maximum absolute atomic E-state index is 12.4. The first kappa shape index (κ1) is 30.2. The predicted octanol–water partition coefficient (Wildman–Crippen LogP) is 5.57. The number of pyridine rings is 1. The zero-order chi connectivity index (χ0) is 32.3. The van der Waals surface area contributed by atoms with Crippen LogP contribution < -0.4 is 21.6 Å². The standard InChI is InChI=1S/C34H27ClN10O/c35-28-16-26(15-27-31(24(18-38)19-40-32(27)28)41-29(10-5-13-36)23-7-2-1-3-8-23)42-34(46,25-9-4-6-22(14-25)17-37)30-20-45(44-43-30)33(21-39)11-12-33/h1-4,6-9,14-16,19-20,29,42-44,46H,5,10-12H2,(H,40,41)/t29-,34?/m1/s1. The number of hydrogen-bond acceptors (Lipinski definition) is 11. The summed E-state index contributed by atoms with van der Waals surface area (Å²) in [6.45, 7) is 0. The van der Waals surface area contributed by atoms with Crippen molar-refractivity contribution in [3.8, 4) is 24.3 Å². The highest BCUT2D eigenvalue weighted by Crippen LogP contribution is 2.43. The largest absolute Gasteiger partial charge is 0.377 e. The Balaban J connectivity index is 1.46. The Morgan fingerprint density at radius 3 is 2.54 bits per heavy atom. The van der Waals surface area contributed by atoms with Gasteiger partial charge in [-0.2, -0.15) is 21.0 Å². The Hall–Kier alpha value is -5.82. The molecule has 1 aliphatic carbocycles. The summed E-state index contributed by atoms with van der Waals surface area (Å²) in [6, 6.07) is 28.1. The summed E-state index contributed by atoms with van der Waals surface area (Å²) in [5.41, 5.74) is 6.82. The lowest BCUT2D eigenvalue weighted by atomic mass is 9.96. The number of rotatable bonds is 10. The summed E-state index contributed by atoms with van der Waals surface area (Å²) in [6.07, 6.45) is 5.20. The van der Waals surface area contributed by atoms with Gasteiger partial charge in [-0.1, -0.05) is 54.1 Å². The van der Waals surface area contributed by atoms with Gasteiger partial charge in [-0.15, -0.1) is 5.53 Å². The molecule has 11 nitrogen and oxygen atoms in total. The van der Waals surface area contributed by atoms with Crippen molar-refractivity contribution in [2.24, 2.45) is 0 Å². The van der Waals surface area contributed by atoms with E-state index >= 15 is 0 Å². The van der Waals surface area contributed by atoms with Gasteiger partial charge in [-0.3, -0.25) is 9.99 Å². The van der Waals surface area contributed by atoms with Crippen LogP contribution in [0.1, 0.15) is 54.0 Å². The number of halogens is 1. The van der Waals surface area contributed by atoms with E-state index < -0.39 is 11.3 Å². The van der Waals surface area contributed by atoms with E-state index in [1.54, 1.807) is 47.6 Å². The molecule has 12 heteroatoms. The number of nitrogens with one attached hydrogen (secondary N) is 4. The van der Waals surface area contributed by atoms with Gasteiger partial charge in [-0.25, -0.2) is 0 Å². The minimum absolute atomic E-state index is 0.267. The fourth-order valence-corrected chi connectivity index (χ4v) is 5.80. The number of fused-ring (bicyclic) bond motifs is 1. The zero-order valence-corrected chi connectivity index (χ0v) is 25.2. The molecule has 2 heterocycles. The summed E-state index contributed by atoms with van der Waals surface area (Å²) < 4.78 is 0. The van der Waals surface area contributed by atoms with Gasteiger partial charge < -0.3 is 21.2 Å². The quantitative estimate of drug-likeness (QED) is 0.139. The van der Waals surface area contributed by atoms with E-state index in [0.29, 0.717) is 59.1 Å². The number of aliphatic hydroxyl groups is 1. The Morgan fingerprint density at radius 1 is 1.04 bits per heavy atom. The van der Waals surface area contributed by atoms with Crippen molar-refractivity contribution in [1.82, 2.24) is 21.0 Å². The summed E-state index contributed by atoms with van der Waals surface area (Å²) in [5.74, 6) is 0. The van der Waals surface area contributed by atoms with E-state index in [9.17, 15) is 26.2 Å². The second-order valence-corrected chi connectivity index (χ2v) is 11.5. The first-order valence-corrected chi connectivity index (χ1v) is 14.9. The summed E-state index contributed by atoms with van der Waals surface area (Å²) in [7, 11) is 0. The van der Waals surface area contributed by atoms with Crippen LogP contribution in [0.15, 0.2) is 84.8 Å². The molecule has 1 aromatic heterocycles. The highest BCUT2D eigenvalue weighted by atomic mass is 35.5. The van der Waals surface area contributed by atoms with Gasteiger partial charge in [0.25, 0.3) is 0 Å². The number of hydrogen-bond donors (Lipinski definition) is 5. The molecule has 1 aliphatic heterocycles. The molecule has 1 fully saturated rings. The molecule has 0 saturated heterocycles. The number of nitrogens with zero attached hydrogens (tertiary/aromatic N) is 6. The average Bonchev–Trinajstić information content (AvgIpc) is 3.72. The maximum atomic E-state index is 12.4. The normalized spacial score (nSPS) is 16.4. The van der Waals surface area contributed by atoms with Crippen LogP contribution in [0.25, 0.3) is 10.9 Å². The molecule has 4 aromatic rings. The molecule has 1 saturated carbocycles. The molecule has 0 amide bonds. The van der Waals surface area contributed by atoms with Gasteiger partial charge in [0, 0.05) is 35.5 Å². The van der Waals surface area contributed by atoms with Crippen LogP contribution in [0, 0.1) is 45.3 Å². The van der Waals surface area contributed by atoms with E-state index in [-0.39, 0.29) is 22.3 Å². The van der Waals surface area contributed by atoms with Crippen molar-refractivity contribution in [3.05, 3.63) is 112 Å². The third kappa shape index (κ3) is 5.59. The highest BCUT2D eigenvalue weighted by molar-refractivity contribution is 6.35. The number of anilines is 2. The lowest BCUT2D eigenvalue weighted by Crippen LogP contribution is -2.47. The molecule has 1 unspecified atom stereocenters. The average molecular weight is 627 g/mol. The first-order valence-electron chi connectivity index (χ1n) is 14.5. The Labute approximate surface area is 270 Å². The summed E-state index contributed by atoms with van der Waals surface area (Å²) >= 11 is 6.79. The van der Waals surface area contributed by atoms with Crippen LogP contribution in [-0.4, -0.2) is 20.6 Å². The Bertz CT molecular complexity index is 2020. The van der Waals surface area contributed by atoms with Crippen molar-refractivity contribution in [2.45, 2.75) is 43.0 Å². The monoisotopic (exact) mass is 626 g/mol. The Kier molecular flexibility index (Phi) is 8.07. The van der Waals surface area contributed by atoms with E-state index in [1.165, 1.54) is 6.20 Å². The number of aromatic nitrogens is 1. The molecule has 5 N–H and O–H groups in total. The number of nitriles is 4. The molecule has 0 spiro atoms. The smallest absolute Gasteiger partial charge is 0.206 e. The van der Waals surface area contributed by atoms with E-state index in [1.807, 2.05) is 30.3 Å². The van der Waals surface area contributed by atoms with Crippen LogP contribution in [-0.2, 0) is 5.72 Å².